The molecule has 2 aromatic carbocycles. The third kappa shape index (κ3) is 3.46. The lowest BCUT2D eigenvalue weighted by Crippen LogP contribution is -2.30. The molecule has 0 saturated heterocycles. The predicted octanol–water partition coefficient (Wildman–Crippen LogP) is 3.84. The molecule has 1 aliphatic heterocycles. The van der Waals surface area contributed by atoms with Crippen LogP contribution < -0.4 is 4.74 Å². The number of thioether (sulfide) groups is 1. The highest BCUT2D eigenvalue weighted by Gasteiger charge is 2.33. The maximum absolute atomic E-state index is 12.2. The number of aliphatic hydroxyl groups excluding tert-OH is 1. The largest absolute Gasteiger partial charge is 0.489 e. The van der Waals surface area contributed by atoms with Crippen molar-refractivity contribution in [3.8, 4) is 5.75 Å². The molecule has 4 nitrogen and oxygen atoms in total. The van der Waals surface area contributed by atoms with Crippen molar-refractivity contribution in [2.24, 2.45) is 0 Å². The number of carbonyl (C=O) groups is 1. The fraction of sp³-hybridized carbons (Fsp3) is 0.381. The summed E-state index contributed by atoms with van der Waals surface area (Å²) < 4.78 is 11.0. The Hall–Kier alpha value is -1.98. The van der Waals surface area contributed by atoms with Gasteiger partial charge < -0.3 is 14.6 Å². The zero-order valence-electron chi connectivity index (χ0n) is 15.3. The zero-order chi connectivity index (χ0) is 18.7. The van der Waals surface area contributed by atoms with E-state index in [-0.39, 0.29) is 17.8 Å². The van der Waals surface area contributed by atoms with Crippen LogP contribution in [0.4, 0.5) is 0 Å². The number of fused-ring (bicyclic) bond motifs is 2. The number of hydrogen-bond acceptors (Lipinski definition) is 5. The molecule has 0 spiro atoms. The van der Waals surface area contributed by atoms with Crippen molar-refractivity contribution in [2.45, 2.75) is 31.1 Å². The predicted molar refractivity (Wildman–Crippen MR) is 104 cm³/mol. The first-order valence-electron chi connectivity index (χ1n) is 8.65. The summed E-state index contributed by atoms with van der Waals surface area (Å²) in [5.41, 5.74) is 3.51. The molecule has 0 saturated carbocycles. The minimum atomic E-state index is -0.748. The van der Waals surface area contributed by atoms with Crippen LogP contribution >= 0.6 is 11.8 Å². The van der Waals surface area contributed by atoms with E-state index in [2.05, 4.69) is 12.1 Å². The highest BCUT2D eigenvalue weighted by Crippen LogP contribution is 2.45. The quantitative estimate of drug-likeness (QED) is 0.808. The van der Waals surface area contributed by atoms with Crippen molar-refractivity contribution in [3.63, 3.8) is 0 Å². The Morgan fingerprint density at radius 3 is 2.77 bits per heavy atom. The zero-order valence-corrected chi connectivity index (χ0v) is 16.1. The molecule has 1 atom stereocenters. The Morgan fingerprint density at radius 2 is 2.04 bits per heavy atom. The van der Waals surface area contributed by atoms with Gasteiger partial charge in [0.05, 0.1) is 24.4 Å². The number of ether oxygens (including phenoxy) is 2. The van der Waals surface area contributed by atoms with Crippen LogP contribution in [0.5, 0.6) is 5.75 Å². The van der Waals surface area contributed by atoms with E-state index >= 15 is 0 Å². The molecule has 1 N–H and O–H groups in total. The summed E-state index contributed by atoms with van der Waals surface area (Å²) >= 11 is 1.68. The topological polar surface area (TPSA) is 55.8 Å². The van der Waals surface area contributed by atoms with Crippen LogP contribution in [0.3, 0.4) is 0 Å². The summed E-state index contributed by atoms with van der Waals surface area (Å²) in [5.74, 6) is 1.18. The van der Waals surface area contributed by atoms with Gasteiger partial charge in [0.2, 0.25) is 0 Å². The van der Waals surface area contributed by atoms with Gasteiger partial charge in [0, 0.05) is 11.3 Å². The number of hydrogen-bond donors (Lipinski definition) is 1. The normalized spacial score (nSPS) is 16.1. The minimum absolute atomic E-state index is 0.0456. The summed E-state index contributed by atoms with van der Waals surface area (Å²) in [6.07, 6.45) is 0. The van der Waals surface area contributed by atoms with Crippen molar-refractivity contribution >= 4 is 17.7 Å². The van der Waals surface area contributed by atoms with Crippen LogP contribution in [-0.4, -0.2) is 30.5 Å². The lowest BCUT2D eigenvalue weighted by Gasteiger charge is -2.25. The standard InChI is InChI=1S/C21H24O4S/c1-21(2,20(23)24-3)15-8-9-18-17(12-15)19(26-11-10-22)16-7-5-4-6-14(16)13-25-18/h4-9,12,19,22H,10-11,13H2,1-3H3. The van der Waals surface area contributed by atoms with Crippen LogP contribution in [-0.2, 0) is 21.6 Å². The second-order valence-electron chi connectivity index (χ2n) is 6.83. The molecule has 138 valence electrons. The number of methoxy groups -OCH3 is 1. The molecule has 0 fully saturated rings. The van der Waals surface area contributed by atoms with Gasteiger partial charge in [-0.3, -0.25) is 4.79 Å². The second-order valence-corrected chi connectivity index (χ2v) is 8.04. The van der Waals surface area contributed by atoms with Crippen LogP contribution in [0.1, 0.15) is 41.4 Å². The molecule has 0 aromatic heterocycles. The first kappa shape index (κ1) is 18.8. The Bertz CT molecular complexity index is 800. The van der Waals surface area contributed by atoms with Gasteiger partial charge in [-0.05, 0) is 42.7 Å². The molecule has 5 heteroatoms. The summed E-state index contributed by atoms with van der Waals surface area (Å²) in [5, 5.41) is 9.38. The summed E-state index contributed by atoms with van der Waals surface area (Å²) in [6.45, 7) is 4.36. The lowest BCUT2D eigenvalue weighted by molar-refractivity contribution is -0.146. The summed E-state index contributed by atoms with van der Waals surface area (Å²) in [6, 6.07) is 14.1. The first-order chi connectivity index (χ1) is 12.5. The number of carbonyl (C=O) groups excluding carboxylic acids is 1. The Kier molecular flexibility index (Phi) is 5.58. The van der Waals surface area contributed by atoms with E-state index in [4.69, 9.17) is 9.47 Å². The lowest BCUT2D eigenvalue weighted by atomic mass is 9.83. The van der Waals surface area contributed by atoms with E-state index in [1.165, 1.54) is 12.7 Å². The molecule has 0 radical (unpaired) electrons. The fourth-order valence-electron chi connectivity index (χ4n) is 3.24. The maximum atomic E-state index is 12.2. The van der Waals surface area contributed by atoms with Crippen molar-refractivity contribution < 1.29 is 19.4 Å². The van der Waals surface area contributed by atoms with Gasteiger partial charge in [0.1, 0.15) is 12.4 Å². The minimum Gasteiger partial charge on any atom is -0.489 e. The monoisotopic (exact) mass is 372 g/mol. The van der Waals surface area contributed by atoms with Gasteiger partial charge in [-0.1, -0.05) is 30.3 Å². The van der Waals surface area contributed by atoms with Gasteiger partial charge in [0.25, 0.3) is 0 Å². The molecule has 0 aliphatic carbocycles. The Morgan fingerprint density at radius 1 is 1.27 bits per heavy atom. The summed E-state index contributed by atoms with van der Waals surface area (Å²) in [4.78, 5) is 12.2. The Labute approximate surface area is 158 Å². The van der Waals surface area contributed by atoms with Gasteiger partial charge in [-0.15, -0.1) is 11.8 Å². The molecule has 0 amide bonds. The molecular weight excluding hydrogens is 348 g/mol. The van der Waals surface area contributed by atoms with Crippen molar-refractivity contribution in [3.05, 3.63) is 64.7 Å². The van der Waals surface area contributed by atoms with E-state index in [0.29, 0.717) is 12.4 Å². The molecule has 2 aromatic rings. The molecule has 3 rings (SSSR count). The average molecular weight is 372 g/mol. The highest BCUT2D eigenvalue weighted by molar-refractivity contribution is 7.99. The Balaban J connectivity index is 2.11. The third-order valence-electron chi connectivity index (χ3n) is 4.81. The highest BCUT2D eigenvalue weighted by atomic mass is 32.2. The molecule has 1 unspecified atom stereocenters. The number of benzene rings is 2. The first-order valence-corrected chi connectivity index (χ1v) is 9.69. The molecule has 1 heterocycles. The van der Waals surface area contributed by atoms with Gasteiger partial charge in [-0.2, -0.15) is 0 Å². The molecule has 1 aliphatic rings. The van der Waals surface area contributed by atoms with Crippen LogP contribution in [0, 0.1) is 0 Å². The van der Waals surface area contributed by atoms with Crippen LogP contribution in [0.2, 0.25) is 0 Å². The van der Waals surface area contributed by atoms with Crippen molar-refractivity contribution in [1.29, 1.82) is 0 Å². The summed E-state index contributed by atoms with van der Waals surface area (Å²) in [7, 11) is 1.41. The molecule has 26 heavy (non-hydrogen) atoms. The fourth-order valence-corrected chi connectivity index (χ4v) is 4.36. The van der Waals surface area contributed by atoms with Crippen LogP contribution in [0.15, 0.2) is 42.5 Å². The van der Waals surface area contributed by atoms with Crippen molar-refractivity contribution in [2.75, 3.05) is 19.5 Å². The number of esters is 1. The maximum Gasteiger partial charge on any atom is 0.315 e. The SMILES string of the molecule is COC(=O)C(C)(C)c1ccc2c(c1)C(SCCO)c1ccccc1CO2. The van der Waals surface area contributed by atoms with Crippen LogP contribution in [0.25, 0.3) is 0 Å². The molecular formula is C21H24O4S. The third-order valence-corrected chi connectivity index (χ3v) is 6.07. The average Bonchev–Trinajstić information content (AvgIpc) is 2.82. The second kappa shape index (κ2) is 7.72. The van der Waals surface area contributed by atoms with E-state index in [0.717, 1.165) is 22.4 Å². The van der Waals surface area contributed by atoms with E-state index in [1.54, 1.807) is 11.8 Å². The van der Waals surface area contributed by atoms with E-state index < -0.39 is 5.41 Å². The molecule has 0 bridgehead atoms. The van der Waals surface area contributed by atoms with E-state index in [9.17, 15) is 9.90 Å². The number of rotatable bonds is 5. The van der Waals surface area contributed by atoms with Gasteiger partial charge >= 0.3 is 5.97 Å². The van der Waals surface area contributed by atoms with Gasteiger partial charge in [0.15, 0.2) is 0 Å². The smallest absolute Gasteiger partial charge is 0.315 e. The van der Waals surface area contributed by atoms with E-state index in [1.807, 2.05) is 44.2 Å². The number of aliphatic hydroxyl groups is 1. The van der Waals surface area contributed by atoms with Crippen molar-refractivity contribution in [1.82, 2.24) is 0 Å². The van der Waals surface area contributed by atoms with Gasteiger partial charge in [-0.25, -0.2) is 0 Å².